The second-order valence-electron chi connectivity index (χ2n) is 7.62. The molecule has 0 bridgehead atoms. The van der Waals surface area contributed by atoms with Gasteiger partial charge in [-0.05, 0) is 37.9 Å². The van der Waals surface area contributed by atoms with Gasteiger partial charge in [-0.25, -0.2) is 0 Å². The van der Waals surface area contributed by atoms with Gasteiger partial charge in [0, 0.05) is 23.5 Å². The Bertz CT molecular complexity index is 966. The van der Waals surface area contributed by atoms with E-state index in [0.29, 0.717) is 6.42 Å². The summed E-state index contributed by atoms with van der Waals surface area (Å²) in [6.07, 6.45) is 3.52. The van der Waals surface area contributed by atoms with E-state index in [2.05, 4.69) is 26.3 Å². The highest BCUT2D eigenvalue weighted by Crippen LogP contribution is 2.19. The molecule has 0 aliphatic carbocycles. The van der Waals surface area contributed by atoms with E-state index in [1.54, 1.807) is 13.1 Å². The maximum atomic E-state index is 12.7. The zero-order chi connectivity index (χ0) is 22.4. The van der Waals surface area contributed by atoms with E-state index >= 15 is 0 Å². The third-order valence-electron chi connectivity index (χ3n) is 5.27. The minimum absolute atomic E-state index is 0.159. The van der Waals surface area contributed by atoms with Crippen molar-refractivity contribution in [1.82, 2.24) is 26.3 Å². The van der Waals surface area contributed by atoms with E-state index in [-0.39, 0.29) is 18.4 Å². The van der Waals surface area contributed by atoms with Gasteiger partial charge in [0.2, 0.25) is 17.7 Å². The second kappa shape index (κ2) is 10.1. The molecule has 0 saturated carbocycles. The molecule has 166 valence electrons. The van der Waals surface area contributed by atoms with Crippen LogP contribution in [0.4, 0.5) is 0 Å². The lowest BCUT2D eigenvalue weighted by molar-refractivity contribution is -0.138. The molecule has 3 atom stereocenters. The molecule has 3 unspecified atom stereocenters. The highest BCUT2D eigenvalue weighted by molar-refractivity contribution is 5.94. The largest absolute Gasteiger partial charge is 0.480 e. The van der Waals surface area contributed by atoms with Crippen LogP contribution in [0.2, 0.25) is 0 Å². The molecule has 1 aromatic heterocycles. The van der Waals surface area contributed by atoms with Crippen LogP contribution < -0.4 is 21.3 Å². The summed E-state index contributed by atoms with van der Waals surface area (Å²) >= 11 is 0. The van der Waals surface area contributed by atoms with Crippen LogP contribution in [0.5, 0.6) is 0 Å². The lowest BCUT2D eigenvalue weighted by atomic mass is 10.0. The van der Waals surface area contributed by atoms with Crippen molar-refractivity contribution in [3.05, 3.63) is 36.0 Å². The first-order valence-corrected chi connectivity index (χ1v) is 10.2. The molecule has 6 N–H and O–H groups in total. The molecule has 0 spiro atoms. The van der Waals surface area contributed by atoms with Gasteiger partial charge in [0.25, 0.3) is 0 Å². The van der Waals surface area contributed by atoms with Gasteiger partial charge in [-0.1, -0.05) is 18.2 Å². The number of carboxylic acid groups (broad SMARTS) is 1. The van der Waals surface area contributed by atoms with E-state index < -0.39 is 36.4 Å². The van der Waals surface area contributed by atoms with Gasteiger partial charge in [-0.2, -0.15) is 0 Å². The fourth-order valence-corrected chi connectivity index (χ4v) is 3.60. The number of fused-ring (bicyclic) bond motifs is 1. The molecule has 1 fully saturated rings. The van der Waals surface area contributed by atoms with Crippen molar-refractivity contribution in [2.24, 2.45) is 0 Å². The molecule has 0 radical (unpaired) electrons. The molecule has 1 aliphatic rings. The summed E-state index contributed by atoms with van der Waals surface area (Å²) in [6, 6.07) is 5.36. The number of hydrogen-bond acceptors (Lipinski definition) is 5. The van der Waals surface area contributed by atoms with Gasteiger partial charge >= 0.3 is 5.97 Å². The number of rotatable bonds is 9. The maximum absolute atomic E-state index is 12.7. The molecule has 2 aromatic rings. The summed E-state index contributed by atoms with van der Waals surface area (Å²) in [5, 5.41) is 20.4. The molecule has 1 aromatic carbocycles. The summed E-state index contributed by atoms with van der Waals surface area (Å²) in [5.74, 6) is -2.59. The summed E-state index contributed by atoms with van der Waals surface area (Å²) in [6.45, 7) is 1.74. The zero-order valence-electron chi connectivity index (χ0n) is 17.2. The first-order valence-electron chi connectivity index (χ1n) is 10.2. The highest BCUT2D eigenvalue weighted by Gasteiger charge is 2.28. The number of aromatic amines is 1. The first-order chi connectivity index (χ1) is 14.8. The molecule has 3 amide bonds. The third kappa shape index (κ3) is 5.82. The summed E-state index contributed by atoms with van der Waals surface area (Å²) in [7, 11) is 0. The van der Waals surface area contributed by atoms with Crippen LogP contribution in [0.25, 0.3) is 10.9 Å². The van der Waals surface area contributed by atoms with Crippen LogP contribution in [0.3, 0.4) is 0 Å². The number of carbonyl (C=O) groups excluding carboxylic acids is 3. The monoisotopic (exact) mass is 429 g/mol. The zero-order valence-corrected chi connectivity index (χ0v) is 17.2. The minimum Gasteiger partial charge on any atom is -0.480 e. The number of H-pyrrole nitrogens is 1. The Morgan fingerprint density at radius 3 is 2.65 bits per heavy atom. The molecular formula is C21H27N5O5. The van der Waals surface area contributed by atoms with Crippen LogP contribution in [-0.2, 0) is 25.6 Å². The topological polar surface area (TPSA) is 152 Å². The number of hydrogen-bond donors (Lipinski definition) is 6. The smallest absolute Gasteiger partial charge is 0.322 e. The lowest BCUT2D eigenvalue weighted by Crippen LogP contribution is -2.55. The molecule has 3 rings (SSSR count). The van der Waals surface area contributed by atoms with Crippen LogP contribution in [0.1, 0.15) is 25.3 Å². The Kier molecular flexibility index (Phi) is 7.24. The number of aromatic nitrogens is 1. The summed E-state index contributed by atoms with van der Waals surface area (Å²) in [5.41, 5.74) is 1.69. The first kappa shape index (κ1) is 22.3. The van der Waals surface area contributed by atoms with Gasteiger partial charge in [-0.3, -0.25) is 19.2 Å². The highest BCUT2D eigenvalue weighted by atomic mass is 16.4. The van der Waals surface area contributed by atoms with Crippen LogP contribution in [0, 0.1) is 0 Å². The standard InChI is InChI=1S/C21H27N5O5/c1-12(25-21(31)16-7-4-8-22-16)19(29)26-17(20(30)24-11-18(27)28)9-13-10-23-15-6-3-2-5-14(13)15/h2-3,5-6,10,12,16-17,22-23H,4,7-9,11H2,1H3,(H,24,30)(H,25,31)(H,26,29)(H,27,28). The van der Waals surface area contributed by atoms with E-state index in [0.717, 1.165) is 29.4 Å². The normalized spacial score (nSPS) is 17.6. The molecule has 31 heavy (non-hydrogen) atoms. The predicted octanol–water partition coefficient (Wildman–Crippen LogP) is -0.347. The Hall–Kier alpha value is -3.40. The van der Waals surface area contributed by atoms with Crippen molar-refractivity contribution in [3.63, 3.8) is 0 Å². The Balaban J connectivity index is 1.69. The summed E-state index contributed by atoms with van der Waals surface area (Å²) < 4.78 is 0. The lowest BCUT2D eigenvalue weighted by Gasteiger charge is -2.22. The quantitative estimate of drug-likeness (QED) is 0.321. The molecular weight excluding hydrogens is 402 g/mol. The van der Waals surface area contributed by atoms with E-state index in [9.17, 15) is 19.2 Å². The number of amides is 3. The van der Waals surface area contributed by atoms with Crippen molar-refractivity contribution < 1.29 is 24.3 Å². The van der Waals surface area contributed by atoms with Crippen LogP contribution >= 0.6 is 0 Å². The minimum atomic E-state index is -1.18. The fourth-order valence-electron chi connectivity index (χ4n) is 3.60. The summed E-state index contributed by atoms with van der Waals surface area (Å²) in [4.78, 5) is 51.5. The Morgan fingerprint density at radius 2 is 1.94 bits per heavy atom. The predicted molar refractivity (Wildman–Crippen MR) is 113 cm³/mol. The van der Waals surface area contributed by atoms with Gasteiger partial charge < -0.3 is 31.4 Å². The Morgan fingerprint density at radius 1 is 1.16 bits per heavy atom. The van der Waals surface area contributed by atoms with Gasteiger partial charge in [-0.15, -0.1) is 0 Å². The number of aliphatic carboxylic acids is 1. The number of carboxylic acids is 1. The average Bonchev–Trinajstić information content (AvgIpc) is 3.42. The van der Waals surface area contributed by atoms with Gasteiger partial charge in [0.1, 0.15) is 18.6 Å². The van der Waals surface area contributed by atoms with Crippen LogP contribution in [-0.4, -0.2) is 65.0 Å². The average molecular weight is 429 g/mol. The van der Waals surface area contributed by atoms with Gasteiger partial charge in [0.15, 0.2) is 0 Å². The molecule has 2 heterocycles. The van der Waals surface area contributed by atoms with Crippen molar-refractivity contribution in [2.75, 3.05) is 13.1 Å². The molecule has 1 aliphatic heterocycles. The molecule has 1 saturated heterocycles. The third-order valence-corrected chi connectivity index (χ3v) is 5.27. The molecule has 10 nitrogen and oxygen atoms in total. The van der Waals surface area contributed by atoms with Crippen LogP contribution in [0.15, 0.2) is 30.5 Å². The SMILES string of the molecule is CC(NC(=O)C1CCCN1)C(=O)NC(Cc1c[nH]c2ccccc12)C(=O)NCC(=O)O. The number of carbonyl (C=O) groups is 4. The fraction of sp³-hybridized carbons (Fsp3) is 0.429. The van der Waals surface area contributed by atoms with Gasteiger partial charge in [0.05, 0.1) is 6.04 Å². The number of nitrogens with one attached hydrogen (secondary N) is 5. The second-order valence-corrected chi connectivity index (χ2v) is 7.62. The molecule has 10 heteroatoms. The van der Waals surface area contributed by atoms with E-state index in [4.69, 9.17) is 5.11 Å². The van der Waals surface area contributed by atoms with E-state index in [1.165, 1.54) is 0 Å². The Labute approximate surface area is 179 Å². The van der Waals surface area contributed by atoms with Crippen molar-refractivity contribution in [2.45, 2.75) is 44.3 Å². The number of benzene rings is 1. The number of para-hydroxylation sites is 1. The van der Waals surface area contributed by atoms with E-state index in [1.807, 2.05) is 24.3 Å². The maximum Gasteiger partial charge on any atom is 0.322 e. The van der Waals surface area contributed by atoms with Crippen molar-refractivity contribution in [1.29, 1.82) is 0 Å². The van der Waals surface area contributed by atoms with Crippen molar-refractivity contribution >= 4 is 34.6 Å². The van der Waals surface area contributed by atoms with Crippen molar-refractivity contribution in [3.8, 4) is 0 Å².